The third-order valence-electron chi connectivity index (χ3n) is 2.56. The maximum absolute atomic E-state index is 12.1. The van der Waals surface area contributed by atoms with Crippen LogP contribution in [0.25, 0.3) is 0 Å². The van der Waals surface area contributed by atoms with Gasteiger partial charge in [0.25, 0.3) is 5.91 Å². The molecule has 2 rings (SSSR count). The molecule has 1 aromatic carbocycles. The van der Waals surface area contributed by atoms with Crippen LogP contribution in [-0.4, -0.2) is 39.6 Å². The number of carbonyl (C=O) groups is 1. The minimum Gasteiger partial charge on any atom is -0.337 e. The summed E-state index contributed by atoms with van der Waals surface area (Å²) in [5.74, 6) is 1.19. The van der Waals surface area contributed by atoms with Gasteiger partial charge in [-0.15, -0.1) is 12.6 Å². The first-order chi connectivity index (χ1) is 7.66. The Labute approximate surface area is 103 Å². The molecule has 86 valence electrons. The first-order valence-corrected chi connectivity index (χ1v) is 7.03. The van der Waals surface area contributed by atoms with E-state index < -0.39 is 10.8 Å². The molecule has 5 heteroatoms. The maximum Gasteiger partial charge on any atom is 0.253 e. The van der Waals surface area contributed by atoms with Crippen LogP contribution in [0, 0.1) is 0 Å². The van der Waals surface area contributed by atoms with E-state index in [2.05, 4.69) is 12.6 Å². The first-order valence-electron chi connectivity index (χ1n) is 5.10. The lowest BCUT2D eigenvalue weighted by molar-refractivity contribution is 0.0771. The van der Waals surface area contributed by atoms with E-state index in [0.29, 0.717) is 30.2 Å². The number of benzene rings is 1. The van der Waals surface area contributed by atoms with Gasteiger partial charge in [0.15, 0.2) is 0 Å². The molecule has 0 bridgehead atoms. The van der Waals surface area contributed by atoms with Crippen LogP contribution in [0.2, 0.25) is 0 Å². The van der Waals surface area contributed by atoms with E-state index in [1.54, 1.807) is 17.0 Å². The Morgan fingerprint density at radius 1 is 1.31 bits per heavy atom. The molecule has 0 aromatic heterocycles. The van der Waals surface area contributed by atoms with Crippen molar-refractivity contribution in [1.29, 1.82) is 0 Å². The molecule has 1 saturated heterocycles. The van der Waals surface area contributed by atoms with E-state index in [9.17, 15) is 9.00 Å². The van der Waals surface area contributed by atoms with Crippen molar-refractivity contribution in [2.24, 2.45) is 0 Å². The zero-order valence-corrected chi connectivity index (χ0v) is 10.5. The van der Waals surface area contributed by atoms with Crippen molar-refractivity contribution in [2.75, 3.05) is 24.6 Å². The third kappa shape index (κ3) is 2.65. The van der Waals surface area contributed by atoms with E-state index in [1.807, 2.05) is 12.1 Å². The van der Waals surface area contributed by atoms with Gasteiger partial charge < -0.3 is 4.90 Å². The summed E-state index contributed by atoms with van der Waals surface area (Å²) < 4.78 is 11.2. The van der Waals surface area contributed by atoms with E-state index in [0.717, 1.165) is 4.90 Å². The lowest BCUT2D eigenvalue weighted by Gasteiger charge is -2.26. The summed E-state index contributed by atoms with van der Waals surface area (Å²) in [6, 6.07) is 7.20. The Hall–Kier alpha value is -0.810. The normalized spacial score (nSPS) is 17.4. The number of rotatable bonds is 1. The topological polar surface area (TPSA) is 37.4 Å². The summed E-state index contributed by atoms with van der Waals surface area (Å²) in [4.78, 5) is 14.6. The van der Waals surface area contributed by atoms with Gasteiger partial charge in [0.1, 0.15) is 0 Å². The lowest BCUT2D eigenvalue weighted by atomic mass is 10.2. The van der Waals surface area contributed by atoms with Gasteiger partial charge in [0.2, 0.25) is 0 Å². The molecule has 1 aromatic rings. The predicted molar refractivity (Wildman–Crippen MR) is 67.5 cm³/mol. The van der Waals surface area contributed by atoms with E-state index >= 15 is 0 Å². The van der Waals surface area contributed by atoms with Crippen LogP contribution in [0.4, 0.5) is 0 Å². The summed E-state index contributed by atoms with van der Waals surface area (Å²) in [6.07, 6.45) is 0. The van der Waals surface area contributed by atoms with E-state index in [-0.39, 0.29) is 5.91 Å². The molecular formula is C11H13NO2S2. The second-order valence-corrected chi connectivity index (χ2v) is 5.90. The quantitative estimate of drug-likeness (QED) is 0.765. The molecule has 0 saturated carbocycles. The van der Waals surface area contributed by atoms with Gasteiger partial charge >= 0.3 is 0 Å². The molecule has 0 aliphatic carbocycles. The van der Waals surface area contributed by atoms with Crippen molar-refractivity contribution in [3.8, 4) is 0 Å². The van der Waals surface area contributed by atoms with Crippen LogP contribution in [0.1, 0.15) is 10.4 Å². The number of carbonyl (C=O) groups excluding carboxylic acids is 1. The van der Waals surface area contributed by atoms with Gasteiger partial charge in [0.05, 0.1) is 0 Å². The molecule has 1 aliphatic heterocycles. The van der Waals surface area contributed by atoms with Crippen LogP contribution < -0.4 is 0 Å². The molecule has 3 nitrogen and oxygen atoms in total. The summed E-state index contributed by atoms with van der Waals surface area (Å²) >= 11 is 4.21. The van der Waals surface area contributed by atoms with Crippen molar-refractivity contribution in [1.82, 2.24) is 4.90 Å². The molecule has 1 aliphatic rings. The zero-order chi connectivity index (χ0) is 11.5. The number of amides is 1. The van der Waals surface area contributed by atoms with Crippen molar-refractivity contribution >= 4 is 29.3 Å². The lowest BCUT2D eigenvalue weighted by Crippen LogP contribution is -2.41. The number of hydrogen-bond donors (Lipinski definition) is 1. The second kappa shape index (κ2) is 5.01. The van der Waals surface area contributed by atoms with Crippen molar-refractivity contribution < 1.29 is 9.00 Å². The third-order valence-corrected chi connectivity index (χ3v) is 4.11. The summed E-state index contributed by atoms with van der Waals surface area (Å²) in [7, 11) is -0.747. The summed E-state index contributed by atoms with van der Waals surface area (Å²) in [5, 5.41) is 0. The van der Waals surface area contributed by atoms with Crippen LogP contribution in [-0.2, 0) is 10.8 Å². The molecule has 0 atom stereocenters. The molecule has 0 unspecified atom stereocenters. The summed E-state index contributed by atoms with van der Waals surface area (Å²) in [5.41, 5.74) is 0.653. The second-order valence-electron chi connectivity index (χ2n) is 3.69. The highest BCUT2D eigenvalue weighted by Gasteiger charge is 2.20. The van der Waals surface area contributed by atoms with Gasteiger partial charge in [-0.25, -0.2) is 0 Å². The predicted octanol–water partition coefficient (Wildman–Crippen LogP) is 1.18. The highest BCUT2D eigenvalue weighted by Crippen LogP contribution is 2.12. The molecule has 1 fully saturated rings. The van der Waals surface area contributed by atoms with Crippen LogP contribution in [0.5, 0.6) is 0 Å². The fourth-order valence-corrected chi connectivity index (χ4v) is 2.94. The van der Waals surface area contributed by atoms with Crippen molar-refractivity contribution in [3.05, 3.63) is 29.8 Å². The number of hydrogen-bond acceptors (Lipinski definition) is 3. The molecule has 1 heterocycles. The maximum atomic E-state index is 12.1. The van der Waals surface area contributed by atoms with Gasteiger partial charge in [-0.05, 0) is 18.2 Å². The minimum absolute atomic E-state index is 0.00704. The Bertz CT molecular complexity index is 424. The molecule has 0 N–H and O–H groups in total. The largest absolute Gasteiger partial charge is 0.337 e. The van der Waals surface area contributed by atoms with Gasteiger partial charge in [-0.1, -0.05) is 6.07 Å². The van der Waals surface area contributed by atoms with Gasteiger partial charge in [-0.2, -0.15) is 0 Å². The van der Waals surface area contributed by atoms with Crippen LogP contribution in [0.15, 0.2) is 29.2 Å². The van der Waals surface area contributed by atoms with Crippen molar-refractivity contribution in [3.63, 3.8) is 0 Å². The molecule has 0 radical (unpaired) electrons. The Morgan fingerprint density at radius 2 is 2.00 bits per heavy atom. The Balaban J connectivity index is 2.10. The highest BCUT2D eigenvalue weighted by molar-refractivity contribution is 7.85. The standard InChI is InChI=1S/C11H13NO2S2/c13-11(9-2-1-3-10(15)8-9)12-4-6-16(14)7-5-12/h1-3,8,15H,4-7H2. The van der Waals surface area contributed by atoms with E-state index in [4.69, 9.17) is 0 Å². The summed E-state index contributed by atoms with van der Waals surface area (Å²) in [6.45, 7) is 1.17. The fourth-order valence-electron chi connectivity index (χ4n) is 1.66. The number of nitrogens with zero attached hydrogens (tertiary/aromatic N) is 1. The zero-order valence-electron chi connectivity index (χ0n) is 8.76. The highest BCUT2D eigenvalue weighted by atomic mass is 32.2. The average molecular weight is 255 g/mol. The van der Waals surface area contributed by atoms with Gasteiger partial charge in [0, 0.05) is 45.9 Å². The average Bonchev–Trinajstić information content (AvgIpc) is 2.29. The minimum atomic E-state index is -0.747. The molecule has 1 amide bonds. The van der Waals surface area contributed by atoms with Gasteiger partial charge in [-0.3, -0.25) is 9.00 Å². The Morgan fingerprint density at radius 3 is 2.62 bits per heavy atom. The van der Waals surface area contributed by atoms with Crippen LogP contribution in [0.3, 0.4) is 0 Å². The molecular weight excluding hydrogens is 242 g/mol. The van der Waals surface area contributed by atoms with Crippen LogP contribution >= 0.6 is 12.6 Å². The van der Waals surface area contributed by atoms with E-state index in [1.165, 1.54) is 0 Å². The smallest absolute Gasteiger partial charge is 0.253 e. The first kappa shape index (κ1) is 11.7. The molecule has 0 spiro atoms. The SMILES string of the molecule is O=C(c1cccc(S)c1)N1CCS(=O)CC1. The number of thiol groups is 1. The van der Waals surface area contributed by atoms with Crippen molar-refractivity contribution in [2.45, 2.75) is 4.90 Å². The molecule has 16 heavy (non-hydrogen) atoms. The Kier molecular flexibility index (Phi) is 3.66. The monoisotopic (exact) mass is 255 g/mol. The fraction of sp³-hybridized carbons (Fsp3) is 0.364.